The fraction of sp³-hybridized carbons (Fsp3) is 0.667. The first-order valence-corrected chi connectivity index (χ1v) is 6.92. The van der Waals surface area contributed by atoms with Crippen molar-refractivity contribution in [3.63, 3.8) is 0 Å². The van der Waals surface area contributed by atoms with E-state index in [-0.39, 0.29) is 11.9 Å². The number of amides is 1. The van der Waals surface area contributed by atoms with Gasteiger partial charge in [0.1, 0.15) is 0 Å². The Balaban J connectivity index is 2.18. The number of carbonyl (C=O) groups excluding carboxylic acids is 1. The second kappa shape index (κ2) is 8.18. The lowest BCUT2D eigenvalue weighted by Crippen LogP contribution is -2.30. The molecule has 0 aliphatic carbocycles. The molecule has 0 radical (unpaired) electrons. The number of hydrogen-bond acceptors (Lipinski definition) is 5. The van der Waals surface area contributed by atoms with Crippen LogP contribution in [0, 0.1) is 6.92 Å². The molecule has 0 fully saturated rings. The Morgan fingerprint density at radius 1 is 1.56 bits per heavy atom. The van der Waals surface area contributed by atoms with Crippen molar-refractivity contribution in [3.8, 4) is 0 Å². The van der Waals surface area contributed by atoms with E-state index in [1.54, 1.807) is 18.4 Å². The zero-order valence-corrected chi connectivity index (χ0v) is 12.0. The molecule has 1 unspecified atom stereocenters. The van der Waals surface area contributed by atoms with Gasteiger partial charge in [-0.2, -0.15) is 0 Å². The van der Waals surface area contributed by atoms with Crippen molar-refractivity contribution >= 4 is 17.2 Å². The number of rotatable bonds is 8. The number of nitrogens with one attached hydrogen (secondary N) is 2. The Morgan fingerprint density at radius 3 is 2.94 bits per heavy atom. The van der Waals surface area contributed by atoms with Crippen LogP contribution in [0.2, 0.25) is 0 Å². The van der Waals surface area contributed by atoms with Crippen LogP contribution in [0.1, 0.15) is 30.0 Å². The minimum Gasteiger partial charge on any atom is -0.383 e. The highest BCUT2D eigenvalue weighted by molar-refractivity contribution is 7.09. The van der Waals surface area contributed by atoms with Gasteiger partial charge in [0.2, 0.25) is 5.91 Å². The summed E-state index contributed by atoms with van der Waals surface area (Å²) >= 11 is 1.64. The summed E-state index contributed by atoms with van der Waals surface area (Å²) in [6.45, 7) is 5.87. The zero-order valence-electron chi connectivity index (χ0n) is 11.2. The molecule has 0 aliphatic rings. The van der Waals surface area contributed by atoms with Gasteiger partial charge >= 0.3 is 0 Å². The van der Waals surface area contributed by atoms with Crippen LogP contribution in [-0.2, 0) is 9.53 Å². The summed E-state index contributed by atoms with van der Waals surface area (Å²) in [5, 5.41) is 6.12. The van der Waals surface area contributed by atoms with Gasteiger partial charge in [0.15, 0.2) is 0 Å². The van der Waals surface area contributed by atoms with Crippen LogP contribution < -0.4 is 10.6 Å². The number of methoxy groups -OCH3 is 1. The maximum absolute atomic E-state index is 11.4. The van der Waals surface area contributed by atoms with Crippen LogP contribution >= 0.6 is 11.3 Å². The number of ether oxygens (including phenoxy) is 1. The third-order valence-electron chi connectivity index (χ3n) is 2.61. The third kappa shape index (κ3) is 5.12. The first-order valence-electron chi connectivity index (χ1n) is 6.04. The van der Waals surface area contributed by atoms with Gasteiger partial charge in [-0.05, 0) is 13.8 Å². The maximum Gasteiger partial charge on any atom is 0.221 e. The van der Waals surface area contributed by atoms with Crippen LogP contribution in [0.25, 0.3) is 0 Å². The summed E-state index contributed by atoms with van der Waals surface area (Å²) < 4.78 is 4.86. The second-order valence-corrected chi connectivity index (χ2v) is 4.96. The molecule has 0 spiro atoms. The van der Waals surface area contributed by atoms with E-state index in [1.165, 1.54) is 4.88 Å². The third-order valence-corrected chi connectivity index (χ3v) is 3.72. The quantitative estimate of drug-likeness (QED) is 0.699. The van der Waals surface area contributed by atoms with E-state index >= 15 is 0 Å². The first kappa shape index (κ1) is 15.1. The van der Waals surface area contributed by atoms with Crippen molar-refractivity contribution in [3.05, 3.63) is 16.1 Å². The van der Waals surface area contributed by atoms with Crippen LogP contribution in [0.3, 0.4) is 0 Å². The lowest BCUT2D eigenvalue weighted by Gasteiger charge is -2.12. The SMILES string of the molecule is COCCNC(=O)CCNC(C)c1scnc1C. The molecule has 1 rings (SSSR count). The Morgan fingerprint density at radius 2 is 2.33 bits per heavy atom. The number of nitrogens with zero attached hydrogens (tertiary/aromatic N) is 1. The minimum atomic E-state index is 0.0489. The van der Waals surface area contributed by atoms with Crippen LogP contribution in [0.4, 0.5) is 0 Å². The van der Waals surface area contributed by atoms with Gasteiger partial charge < -0.3 is 15.4 Å². The van der Waals surface area contributed by atoms with Crippen LogP contribution in [0.5, 0.6) is 0 Å². The first-order chi connectivity index (χ1) is 8.65. The fourth-order valence-corrected chi connectivity index (χ4v) is 2.44. The molecule has 2 N–H and O–H groups in total. The van der Waals surface area contributed by atoms with Crippen molar-refractivity contribution in [1.82, 2.24) is 15.6 Å². The smallest absolute Gasteiger partial charge is 0.221 e. The molecule has 102 valence electrons. The average molecular weight is 271 g/mol. The van der Waals surface area contributed by atoms with Crippen molar-refractivity contribution in [2.75, 3.05) is 26.8 Å². The number of carbonyl (C=O) groups is 1. The van der Waals surface area contributed by atoms with Crippen LogP contribution in [-0.4, -0.2) is 37.7 Å². The molecule has 1 aromatic rings. The topological polar surface area (TPSA) is 63.2 Å². The molecule has 1 aromatic heterocycles. The molecule has 1 atom stereocenters. The molecule has 0 saturated heterocycles. The monoisotopic (exact) mass is 271 g/mol. The van der Waals surface area contributed by atoms with E-state index < -0.39 is 0 Å². The molecule has 5 nitrogen and oxygen atoms in total. The Hall–Kier alpha value is -0.980. The summed E-state index contributed by atoms with van der Waals surface area (Å²) in [5.74, 6) is 0.0489. The summed E-state index contributed by atoms with van der Waals surface area (Å²) in [5.41, 5.74) is 2.91. The van der Waals surface area contributed by atoms with Gasteiger partial charge in [-0.15, -0.1) is 11.3 Å². The van der Waals surface area contributed by atoms with Crippen molar-refractivity contribution in [1.29, 1.82) is 0 Å². The van der Waals surface area contributed by atoms with E-state index in [4.69, 9.17) is 4.74 Å². The Bertz CT molecular complexity index is 368. The lowest BCUT2D eigenvalue weighted by atomic mass is 10.2. The summed E-state index contributed by atoms with van der Waals surface area (Å²) in [4.78, 5) is 16.9. The molecular formula is C12H21N3O2S. The highest BCUT2D eigenvalue weighted by Gasteiger charge is 2.10. The highest BCUT2D eigenvalue weighted by Crippen LogP contribution is 2.20. The van der Waals surface area contributed by atoms with Crippen molar-refractivity contribution < 1.29 is 9.53 Å². The molecular weight excluding hydrogens is 250 g/mol. The van der Waals surface area contributed by atoms with Gasteiger partial charge in [-0.25, -0.2) is 4.98 Å². The van der Waals surface area contributed by atoms with Gasteiger partial charge in [0.05, 0.1) is 17.8 Å². The van der Waals surface area contributed by atoms with E-state index in [0.717, 1.165) is 5.69 Å². The minimum absolute atomic E-state index is 0.0489. The molecule has 0 aromatic carbocycles. The average Bonchev–Trinajstić information content (AvgIpc) is 2.76. The number of thiazole rings is 1. The molecule has 18 heavy (non-hydrogen) atoms. The molecule has 1 amide bonds. The van der Waals surface area contributed by atoms with Crippen molar-refractivity contribution in [2.45, 2.75) is 26.3 Å². The van der Waals surface area contributed by atoms with Gasteiger partial charge in [0.25, 0.3) is 0 Å². The summed E-state index contributed by atoms with van der Waals surface area (Å²) in [6.07, 6.45) is 0.478. The van der Waals surface area contributed by atoms with E-state index in [0.29, 0.717) is 26.1 Å². The molecule has 0 aliphatic heterocycles. The number of aryl methyl sites for hydroxylation is 1. The largest absolute Gasteiger partial charge is 0.383 e. The maximum atomic E-state index is 11.4. The lowest BCUT2D eigenvalue weighted by molar-refractivity contribution is -0.121. The standard InChI is InChI=1S/C12H21N3O2S/c1-9(12-10(2)15-8-18-12)13-5-4-11(16)14-6-7-17-3/h8-9,13H,4-7H2,1-3H3,(H,14,16). The molecule has 6 heteroatoms. The number of aromatic nitrogens is 1. The van der Waals surface area contributed by atoms with Crippen LogP contribution in [0.15, 0.2) is 5.51 Å². The summed E-state index contributed by atoms with van der Waals surface area (Å²) in [6, 6.07) is 0.240. The van der Waals surface area contributed by atoms with Gasteiger partial charge in [-0.3, -0.25) is 4.79 Å². The van der Waals surface area contributed by atoms with Gasteiger partial charge in [-0.1, -0.05) is 0 Å². The van der Waals surface area contributed by atoms with E-state index in [1.807, 2.05) is 12.4 Å². The molecule has 1 heterocycles. The number of hydrogen-bond donors (Lipinski definition) is 2. The van der Waals surface area contributed by atoms with E-state index in [2.05, 4.69) is 22.5 Å². The van der Waals surface area contributed by atoms with E-state index in [9.17, 15) is 4.79 Å². The second-order valence-electron chi connectivity index (χ2n) is 4.07. The fourth-order valence-electron chi connectivity index (χ4n) is 1.60. The summed E-state index contributed by atoms with van der Waals surface area (Å²) in [7, 11) is 1.62. The normalized spacial score (nSPS) is 12.4. The molecule has 0 bridgehead atoms. The Labute approximate surface area is 112 Å². The van der Waals surface area contributed by atoms with Gasteiger partial charge in [0, 0.05) is 37.5 Å². The predicted octanol–water partition coefficient (Wildman–Crippen LogP) is 1.25. The predicted molar refractivity (Wildman–Crippen MR) is 72.8 cm³/mol. The molecule has 0 saturated carbocycles. The van der Waals surface area contributed by atoms with Crippen molar-refractivity contribution in [2.24, 2.45) is 0 Å². The zero-order chi connectivity index (χ0) is 13.4. The highest BCUT2D eigenvalue weighted by atomic mass is 32.1. The Kier molecular flexibility index (Phi) is 6.85.